The number of aliphatic hydroxyl groups excluding tert-OH is 1. The highest BCUT2D eigenvalue weighted by atomic mass is 32.3. The van der Waals surface area contributed by atoms with E-state index >= 15 is 0 Å². The molecular weight excluding hydrogens is 198 g/mol. The van der Waals surface area contributed by atoms with E-state index in [0.29, 0.717) is 4.48 Å². The average molecular weight is 213 g/mol. The van der Waals surface area contributed by atoms with Gasteiger partial charge in [0.1, 0.15) is 12.6 Å². The van der Waals surface area contributed by atoms with Crippen LogP contribution in [0.15, 0.2) is 0 Å². The van der Waals surface area contributed by atoms with Gasteiger partial charge in [-0.15, -0.1) is 0 Å². The van der Waals surface area contributed by atoms with Crippen molar-refractivity contribution in [2.75, 3.05) is 34.3 Å². The number of hydrogen-bond acceptors (Lipinski definition) is 5. The number of rotatable bonds is 5. The Morgan fingerprint density at radius 3 is 2.15 bits per heavy atom. The molecule has 0 fully saturated rings. The molecule has 0 spiro atoms. The van der Waals surface area contributed by atoms with Crippen LogP contribution >= 0.6 is 0 Å². The Kier molecular flexibility index (Phi) is 4.27. The van der Waals surface area contributed by atoms with Gasteiger partial charge in [-0.1, -0.05) is 0 Å². The molecule has 6 nitrogen and oxygen atoms in total. The number of likely N-dealkylation sites (N-methyl/N-ethyl adjacent to an activating group) is 1. The molecule has 0 heterocycles. The first-order chi connectivity index (χ1) is 5.64. The van der Waals surface area contributed by atoms with Crippen molar-refractivity contribution in [3.05, 3.63) is 0 Å². The summed E-state index contributed by atoms with van der Waals surface area (Å²) in [6.45, 7) is -0.241. The highest BCUT2D eigenvalue weighted by Gasteiger charge is 2.20. The third kappa shape index (κ3) is 8.13. The van der Waals surface area contributed by atoms with Crippen molar-refractivity contribution >= 4 is 10.4 Å². The normalized spacial score (nSPS) is 15.8. The molecule has 7 heteroatoms. The molecule has 0 aliphatic rings. The number of aliphatic hydroxyl groups is 1. The second kappa shape index (κ2) is 4.34. The Morgan fingerprint density at radius 2 is 1.92 bits per heavy atom. The fourth-order valence-corrected chi connectivity index (χ4v) is 1.35. The lowest BCUT2D eigenvalue weighted by atomic mass is 10.3. The third-order valence-electron chi connectivity index (χ3n) is 1.21. The van der Waals surface area contributed by atoms with Crippen LogP contribution < -0.4 is 0 Å². The van der Waals surface area contributed by atoms with Crippen molar-refractivity contribution in [2.24, 2.45) is 0 Å². The molecule has 0 rings (SSSR count). The zero-order valence-electron chi connectivity index (χ0n) is 7.93. The van der Waals surface area contributed by atoms with E-state index in [-0.39, 0.29) is 6.54 Å². The summed E-state index contributed by atoms with van der Waals surface area (Å²) in [5.41, 5.74) is 0. The maximum absolute atomic E-state index is 10.2. The summed E-state index contributed by atoms with van der Waals surface area (Å²) in [5.74, 6) is 0. The molecule has 0 aromatic rings. The zero-order valence-corrected chi connectivity index (χ0v) is 8.74. The summed E-state index contributed by atoms with van der Waals surface area (Å²) in [6.07, 6.45) is -0.970. The first-order valence-electron chi connectivity index (χ1n) is 3.69. The molecule has 80 valence electrons. The van der Waals surface area contributed by atoms with Crippen molar-refractivity contribution in [1.29, 1.82) is 0 Å². The van der Waals surface area contributed by atoms with Crippen molar-refractivity contribution in [1.82, 2.24) is 0 Å². The predicted octanol–water partition coefficient (Wildman–Crippen LogP) is -1.47. The monoisotopic (exact) mass is 213 g/mol. The van der Waals surface area contributed by atoms with E-state index in [1.807, 2.05) is 0 Å². The van der Waals surface area contributed by atoms with Crippen LogP contribution in [0.5, 0.6) is 0 Å². The number of nitrogens with zero attached hydrogens (tertiary/aromatic N) is 1. The highest BCUT2D eigenvalue weighted by molar-refractivity contribution is 7.80. The molecule has 0 amide bonds. The minimum absolute atomic E-state index is 0.248. The van der Waals surface area contributed by atoms with Crippen LogP contribution in [0.1, 0.15) is 0 Å². The fraction of sp³-hybridized carbons (Fsp3) is 1.00. The molecule has 0 saturated carbocycles. The molecule has 13 heavy (non-hydrogen) atoms. The molecule has 0 aliphatic carbocycles. The van der Waals surface area contributed by atoms with Gasteiger partial charge in [-0.25, -0.2) is 8.42 Å². The quantitative estimate of drug-likeness (QED) is 0.342. The van der Waals surface area contributed by atoms with Gasteiger partial charge in [0.2, 0.25) is 10.4 Å². The lowest BCUT2D eigenvalue weighted by Crippen LogP contribution is -2.44. The lowest BCUT2D eigenvalue weighted by molar-refractivity contribution is -0.873. The van der Waals surface area contributed by atoms with Crippen molar-refractivity contribution < 1.29 is 26.7 Å². The Morgan fingerprint density at radius 1 is 1.46 bits per heavy atom. The van der Waals surface area contributed by atoms with Gasteiger partial charge >= 0.3 is 0 Å². The summed E-state index contributed by atoms with van der Waals surface area (Å²) in [4.78, 5) is 0. The maximum Gasteiger partial charge on any atom is 0.218 e. The van der Waals surface area contributed by atoms with E-state index in [9.17, 15) is 13.0 Å². The van der Waals surface area contributed by atoms with Crippen molar-refractivity contribution in [3.63, 3.8) is 0 Å². The van der Waals surface area contributed by atoms with Crippen LogP contribution in [-0.4, -0.2) is 63.0 Å². The molecule has 1 atom stereocenters. The van der Waals surface area contributed by atoms with Crippen LogP contribution in [-0.2, 0) is 14.6 Å². The molecule has 0 aliphatic heterocycles. The second-order valence-electron chi connectivity index (χ2n) is 3.78. The molecule has 0 aromatic heterocycles. The summed E-state index contributed by atoms with van der Waals surface area (Å²) >= 11 is 0. The van der Waals surface area contributed by atoms with Gasteiger partial charge in [0, 0.05) is 0 Å². The molecule has 0 radical (unpaired) electrons. The van der Waals surface area contributed by atoms with Gasteiger partial charge in [0.05, 0.1) is 27.7 Å². The van der Waals surface area contributed by atoms with Crippen LogP contribution in [0.3, 0.4) is 0 Å². The molecule has 1 unspecified atom stereocenters. The standard InChI is InChI=1S/C6H15NO5S/c1-7(2,3)4-6(5-8)12-13(9,10)11/h6,8H,4-5H2,1-3H3. The first-order valence-corrected chi connectivity index (χ1v) is 5.03. The van der Waals surface area contributed by atoms with Gasteiger partial charge < -0.3 is 14.1 Å². The summed E-state index contributed by atoms with van der Waals surface area (Å²) in [5, 5.41) is 8.71. The van der Waals surface area contributed by atoms with Crippen molar-refractivity contribution in [2.45, 2.75) is 6.10 Å². The molecule has 0 bridgehead atoms. The van der Waals surface area contributed by atoms with E-state index < -0.39 is 23.1 Å². The maximum atomic E-state index is 10.2. The van der Waals surface area contributed by atoms with Crippen LogP contribution in [0, 0.1) is 0 Å². The Bertz CT molecular complexity index is 242. The molecule has 0 saturated heterocycles. The molecule has 1 N–H and O–H groups in total. The Labute approximate surface area is 78.3 Å². The minimum Gasteiger partial charge on any atom is -0.726 e. The Hall–Kier alpha value is -0.210. The SMILES string of the molecule is C[N+](C)(C)CC(CO)OS(=O)(=O)[O-]. The van der Waals surface area contributed by atoms with Gasteiger partial charge in [-0.3, -0.25) is 4.18 Å². The Balaban J connectivity index is 4.22. The van der Waals surface area contributed by atoms with E-state index in [2.05, 4.69) is 4.18 Å². The van der Waals surface area contributed by atoms with E-state index in [1.165, 1.54) is 0 Å². The second-order valence-corrected chi connectivity index (χ2v) is 4.79. The topological polar surface area (TPSA) is 86.7 Å². The largest absolute Gasteiger partial charge is 0.726 e. The first kappa shape index (κ1) is 12.8. The van der Waals surface area contributed by atoms with Gasteiger partial charge in [0.25, 0.3) is 0 Å². The lowest BCUT2D eigenvalue weighted by Gasteiger charge is -2.28. The van der Waals surface area contributed by atoms with Gasteiger partial charge in [0.15, 0.2) is 0 Å². The summed E-state index contributed by atoms with van der Waals surface area (Å²) < 4.78 is 35.1. The fourth-order valence-electron chi connectivity index (χ4n) is 0.896. The number of quaternary nitrogens is 1. The number of hydrogen-bond donors (Lipinski definition) is 1. The summed E-state index contributed by atoms with van der Waals surface area (Å²) in [7, 11) is 0.657. The average Bonchev–Trinajstić information content (AvgIpc) is 1.79. The van der Waals surface area contributed by atoms with Crippen LogP contribution in [0.25, 0.3) is 0 Å². The molecular formula is C6H15NO5S. The predicted molar refractivity (Wildman–Crippen MR) is 44.6 cm³/mol. The van der Waals surface area contributed by atoms with Gasteiger partial charge in [-0.05, 0) is 0 Å². The van der Waals surface area contributed by atoms with Crippen molar-refractivity contribution in [3.8, 4) is 0 Å². The van der Waals surface area contributed by atoms with E-state index in [0.717, 1.165) is 0 Å². The van der Waals surface area contributed by atoms with E-state index in [4.69, 9.17) is 5.11 Å². The van der Waals surface area contributed by atoms with Crippen LogP contribution in [0.4, 0.5) is 0 Å². The van der Waals surface area contributed by atoms with E-state index in [1.54, 1.807) is 21.1 Å². The minimum atomic E-state index is -4.73. The van der Waals surface area contributed by atoms with Crippen LogP contribution in [0.2, 0.25) is 0 Å². The smallest absolute Gasteiger partial charge is 0.218 e. The summed E-state index contributed by atoms with van der Waals surface area (Å²) in [6, 6.07) is 0. The highest BCUT2D eigenvalue weighted by Crippen LogP contribution is 2.02. The molecule has 0 aromatic carbocycles. The van der Waals surface area contributed by atoms with Gasteiger partial charge in [-0.2, -0.15) is 0 Å². The third-order valence-corrected chi connectivity index (χ3v) is 1.72. The zero-order chi connectivity index (χ0) is 10.7.